The summed E-state index contributed by atoms with van der Waals surface area (Å²) in [6.07, 6.45) is 0.244. The molecule has 0 saturated heterocycles. The lowest BCUT2D eigenvalue weighted by atomic mass is 9.78. The number of hydrogen-bond donors (Lipinski definition) is 1. The predicted octanol–water partition coefficient (Wildman–Crippen LogP) is 6.30. The molecule has 0 aliphatic heterocycles. The molecule has 3 rings (SSSR count). The molecule has 0 aliphatic rings. The highest BCUT2D eigenvalue weighted by Crippen LogP contribution is 2.39. The van der Waals surface area contributed by atoms with Gasteiger partial charge in [-0.25, -0.2) is 0 Å². The second-order valence-corrected chi connectivity index (χ2v) is 9.52. The van der Waals surface area contributed by atoms with Gasteiger partial charge in [0.05, 0.1) is 13.0 Å². The second-order valence-electron chi connectivity index (χ2n) is 9.02. The fraction of sp³-hybridized carbons (Fsp3) is 0.333. The molecule has 3 aromatic carbocycles. The van der Waals surface area contributed by atoms with Crippen LogP contribution in [-0.2, 0) is 15.0 Å². The summed E-state index contributed by atoms with van der Waals surface area (Å²) in [7, 11) is 1.64. The molecule has 32 heavy (non-hydrogen) atoms. The first-order chi connectivity index (χ1) is 15.0. The molecule has 0 amide bonds. The molecule has 0 fully saturated rings. The van der Waals surface area contributed by atoms with E-state index >= 15 is 0 Å². The van der Waals surface area contributed by atoms with Crippen LogP contribution < -0.4 is 9.47 Å². The van der Waals surface area contributed by atoms with E-state index in [1.54, 1.807) is 7.11 Å². The minimum absolute atomic E-state index is 0.201. The molecule has 0 unspecified atom stereocenters. The number of esters is 1. The summed E-state index contributed by atoms with van der Waals surface area (Å²) in [5.41, 5.74) is 3.20. The molecule has 0 spiro atoms. The molecule has 168 valence electrons. The van der Waals surface area contributed by atoms with Gasteiger partial charge in [-0.05, 0) is 66.4 Å². The Morgan fingerprint density at radius 1 is 1.00 bits per heavy atom. The normalized spacial score (nSPS) is 12.5. The molecule has 0 bridgehead atoms. The van der Waals surface area contributed by atoms with Crippen molar-refractivity contribution in [1.82, 2.24) is 0 Å². The van der Waals surface area contributed by atoms with Gasteiger partial charge in [0.1, 0.15) is 11.5 Å². The zero-order chi connectivity index (χ0) is 23.6. The Labute approximate surface area is 195 Å². The summed E-state index contributed by atoms with van der Waals surface area (Å²) < 4.78 is 11.2. The minimum atomic E-state index is -0.516. The van der Waals surface area contributed by atoms with Crippen LogP contribution in [0.25, 0.3) is 10.8 Å². The third kappa shape index (κ3) is 5.16. The Morgan fingerprint density at radius 3 is 2.31 bits per heavy atom. The van der Waals surface area contributed by atoms with Gasteiger partial charge in [-0.2, -0.15) is 0 Å². The van der Waals surface area contributed by atoms with Crippen molar-refractivity contribution in [2.45, 2.75) is 52.4 Å². The zero-order valence-corrected chi connectivity index (χ0v) is 20.4. The van der Waals surface area contributed by atoms with Crippen LogP contribution in [0.15, 0.2) is 48.5 Å². The molecule has 0 saturated carbocycles. The van der Waals surface area contributed by atoms with Gasteiger partial charge in [-0.15, -0.1) is 12.6 Å². The number of carbonyl (C=O) groups is 2. The average Bonchev–Trinajstić information content (AvgIpc) is 2.70. The molecule has 0 aliphatic carbocycles. The third-order valence-electron chi connectivity index (χ3n) is 5.85. The smallest absolute Gasteiger partial charge is 0.318 e. The Kier molecular flexibility index (Phi) is 6.99. The van der Waals surface area contributed by atoms with E-state index in [0.29, 0.717) is 5.75 Å². The van der Waals surface area contributed by atoms with E-state index in [1.807, 2.05) is 83.1 Å². The number of fused-ring (bicyclic) bond motifs is 1. The minimum Gasteiger partial charge on any atom is -0.497 e. The fourth-order valence-corrected chi connectivity index (χ4v) is 4.71. The van der Waals surface area contributed by atoms with Crippen LogP contribution >= 0.6 is 12.6 Å². The van der Waals surface area contributed by atoms with Crippen molar-refractivity contribution in [1.29, 1.82) is 0 Å². The number of aryl methyl sites for hydroxylation is 2. The van der Waals surface area contributed by atoms with Crippen LogP contribution in [0, 0.1) is 13.8 Å². The number of thiol groups is 1. The van der Waals surface area contributed by atoms with Crippen molar-refractivity contribution in [3.8, 4) is 11.5 Å². The Morgan fingerprint density at radius 2 is 1.66 bits per heavy atom. The average molecular weight is 451 g/mol. The number of rotatable bonds is 7. The van der Waals surface area contributed by atoms with Crippen molar-refractivity contribution >= 4 is 34.5 Å². The predicted molar refractivity (Wildman–Crippen MR) is 132 cm³/mol. The lowest BCUT2D eigenvalue weighted by Gasteiger charge is -2.28. The summed E-state index contributed by atoms with van der Waals surface area (Å²) in [4.78, 5) is 24.9. The maximum Gasteiger partial charge on any atom is 0.318 e. The summed E-state index contributed by atoms with van der Waals surface area (Å²) >= 11 is 3.97. The van der Waals surface area contributed by atoms with Gasteiger partial charge in [0.15, 0.2) is 5.12 Å². The van der Waals surface area contributed by atoms with Gasteiger partial charge in [-0.3, -0.25) is 9.59 Å². The van der Waals surface area contributed by atoms with E-state index in [4.69, 9.17) is 9.47 Å². The number of carbonyl (C=O) groups excluding carboxylic acids is 2. The van der Waals surface area contributed by atoms with Gasteiger partial charge in [0.2, 0.25) is 0 Å². The summed E-state index contributed by atoms with van der Waals surface area (Å²) in [5.74, 6) is 0.508. The Bertz CT molecular complexity index is 1180. The summed E-state index contributed by atoms with van der Waals surface area (Å²) in [6, 6.07) is 15.7. The third-order valence-corrected chi connectivity index (χ3v) is 6.01. The molecule has 3 aromatic rings. The monoisotopic (exact) mass is 450 g/mol. The standard InChI is InChI=1S/C27H30O4S/c1-16-11-17(2)25(27(4,5)15-24(28)32)23(12-16)31-26(29)18(3)19-7-8-21-14-22(30-6)10-9-20(21)13-19/h7-14,18H,15H2,1-6H3,(H,28,32)/t18-/m0/s1. The fourth-order valence-electron chi connectivity index (χ4n) is 4.31. The number of ether oxygens (including phenoxy) is 2. The summed E-state index contributed by atoms with van der Waals surface area (Å²) in [6.45, 7) is 9.73. The molecule has 0 heterocycles. The lowest BCUT2D eigenvalue weighted by molar-refractivity contribution is -0.135. The van der Waals surface area contributed by atoms with Crippen LogP contribution in [0.2, 0.25) is 0 Å². The second kappa shape index (κ2) is 9.37. The van der Waals surface area contributed by atoms with Crippen LogP contribution in [-0.4, -0.2) is 18.2 Å². The summed E-state index contributed by atoms with van der Waals surface area (Å²) in [5, 5.41) is 1.88. The largest absolute Gasteiger partial charge is 0.497 e. The van der Waals surface area contributed by atoms with Crippen LogP contribution in [0.4, 0.5) is 0 Å². The molecular formula is C27H30O4S. The van der Waals surface area contributed by atoms with E-state index in [0.717, 1.165) is 38.8 Å². The first-order valence-corrected chi connectivity index (χ1v) is 11.1. The first kappa shape index (κ1) is 23.9. The van der Waals surface area contributed by atoms with Gasteiger partial charge in [0, 0.05) is 17.4 Å². The molecule has 0 radical (unpaired) electrons. The first-order valence-electron chi connectivity index (χ1n) is 10.6. The molecule has 0 aromatic heterocycles. The number of methoxy groups -OCH3 is 1. The maximum atomic E-state index is 13.1. The zero-order valence-electron chi connectivity index (χ0n) is 19.5. The highest BCUT2D eigenvalue weighted by molar-refractivity contribution is 7.96. The van der Waals surface area contributed by atoms with E-state index < -0.39 is 11.3 Å². The van der Waals surface area contributed by atoms with Crippen LogP contribution in [0.5, 0.6) is 11.5 Å². The van der Waals surface area contributed by atoms with Crippen molar-refractivity contribution in [2.75, 3.05) is 7.11 Å². The molecule has 0 N–H and O–H groups in total. The Balaban J connectivity index is 1.93. The van der Waals surface area contributed by atoms with E-state index in [1.165, 1.54) is 0 Å². The van der Waals surface area contributed by atoms with Crippen LogP contribution in [0.3, 0.4) is 0 Å². The van der Waals surface area contributed by atoms with Crippen molar-refractivity contribution in [3.05, 3.63) is 70.8 Å². The number of benzene rings is 3. The topological polar surface area (TPSA) is 52.6 Å². The highest BCUT2D eigenvalue weighted by Gasteiger charge is 2.30. The molecule has 4 nitrogen and oxygen atoms in total. The highest BCUT2D eigenvalue weighted by atomic mass is 32.1. The van der Waals surface area contributed by atoms with Crippen molar-refractivity contribution in [3.63, 3.8) is 0 Å². The quantitative estimate of drug-likeness (QED) is 0.261. The van der Waals surface area contributed by atoms with Crippen molar-refractivity contribution in [2.24, 2.45) is 0 Å². The van der Waals surface area contributed by atoms with Gasteiger partial charge >= 0.3 is 5.97 Å². The van der Waals surface area contributed by atoms with Gasteiger partial charge in [-0.1, -0.05) is 44.2 Å². The van der Waals surface area contributed by atoms with Crippen LogP contribution in [0.1, 0.15) is 55.4 Å². The van der Waals surface area contributed by atoms with Crippen molar-refractivity contribution < 1.29 is 19.1 Å². The molecular weight excluding hydrogens is 420 g/mol. The van der Waals surface area contributed by atoms with Gasteiger partial charge < -0.3 is 9.47 Å². The van der Waals surface area contributed by atoms with E-state index in [2.05, 4.69) is 12.6 Å². The Hall–Kier alpha value is -2.79. The SMILES string of the molecule is COc1ccc2cc([C@H](C)C(=O)Oc3cc(C)cc(C)c3C(C)(C)CC(=O)S)ccc2c1. The lowest BCUT2D eigenvalue weighted by Crippen LogP contribution is -2.25. The molecule has 5 heteroatoms. The van der Waals surface area contributed by atoms with E-state index in [9.17, 15) is 9.59 Å². The van der Waals surface area contributed by atoms with Gasteiger partial charge in [0.25, 0.3) is 0 Å². The molecule has 1 atom stereocenters. The number of hydrogen-bond acceptors (Lipinski definition) is 4. The maximum absolute atomic E-state index is 13.1. The van der Waals surface area contributed by atoms with E-state index in [-0.39, 0.29) is 17.5 Å².